The van der Waals surface area contributed by atoms with Gasteiger partial charge >= 0.3 is 0 Å². The topological polar surface area (TPSA) is 55.1 Å². The number of halogens is 2. The Morgan fingerprint density at radius 3 is 2.59 bits per heavy atom. The Balaban J connectivity index is 2.97. The van der Waals surface area contributed by atoms with Crippen molar-refractivity contribution in [1.82, 2.24) is 5.32 Å². The van der Waals surface area contributed by atoms with E-state index >= 15 is 0 Å². The molecule has 0 aliphatic heterocycles. The van der Waals surface area contributed by atoms with Gasteiger partial charge in [-0.15, -0.1) is 0 Å². The Bertz CT molecular complexity index is 407. The third-order valence-electron chi connectivity index (χ3n) is 2.28. The summed E-state index contributed by atoms with van der Waals surface area (Å²) in [5.41, 5.74) is 5.99. The molecule has 0 heterocycles. The van der Waals surface area contributed by atoms with E-state index < -0.39 is 11.9 Å². The average molecular weight is 275 g/mol. The Morgan fingerprint density at radius 1 is 1.41 bits per heavy atom. The zero-order valence-corrected chi connectivity index (χ0v) is 11.3. The van der Waals surface area contributed by atoms with Gasteiger partial charge in [-0.05, 0) is 36.2 Å². The summed E-state index contributed by atoms with van der Waals surface area (Å²) in [5, 5.41) is 4.10. The summed E-state index contributed by atoms with van der Waals surface area (Å²) in [6, 6.07) is 4.39. The van der Waals surface area contributed by atoms with E-state index in [1.54, 1.807) is 18.2 Å². The van der Waals surface area contributed by atoms with Gasteiger partial charge < -0.3 is 11.1 Å². The van der Waals surface area contributed by atoms with Crippen LogP contribution in [0, 0.1) is 5.92 Å². The van der Waals surface area contributed by atoms with Crippen LogP contribution in [0.5, 0.6) is 0 Å². The number of rotatable bonds is 5. The van der Waals surface area contributed by atoms with Crippen molar-refractivity contribution in [2.45, 2.75) is 19.9 Å². The van der Waals surface area contributed by atoms with E-state index in [-0.39, 0.29) is 0 Å². The third-order valence-corrected chi connectivity index (χ3v) is 2.86. The molecule has 0 saturated heterocycles. The molecule has 1 aromatic rings. The second kappa shape index (κ2) is 6.24. The maximum absolute atomic E-state index is 11.4. The standard InChI is InChI=1S/C12H16Cl2N2O/c1-7(2)6-16-11(12(15)17)9-5-8(13)3-4-10(9)14/h3-5,7,11,16H,6H2,1-2H3,(H2,15,17). The molecule has 0 aliphatic rings. The van der Waals surface area contributed by atoms with Gasteiger partial charge in [0.15, 0.2) is 0 Å². The van der Waals surface area contributed by atoms with Gasteiger partial charge in [0.2, 0.25) is 5.91 Å². The molecule has 17 heavy (non-hydrogen) atoms. The number of primary amides is 1. The molecule has 0 spiro atoms. The molecule has 0 aromatic heterocycles. The molecule has 1 atom stereocenters. The largest absolute Gasteiger partial charge is 0.368 e. The van der Waals surface area contributed by atoms with Gasteiger partial charge in [-0.1, -0.05) is 37.0 Å². The van der Waals surface area contributed by atoms with Gasteiger partial charge in [-0.2, -0.15) is 0 Å². The first-order chi connectivity index (χ1) is 7.91. The van der Waals surface area contributed by atoms with E-state index in [1.165, 1.54) is 0 Å². The van der Waals surface area contributed by atoms with Gasteiger partial charge in [0.25, 0.3) is 0 Å². The fraction of sp³-hybridized carbons (Fsp3) is 0.417. The SMILES string of the molecule is CC(C)CNC(C(N)=O)c1cc(Cl)ccc1Cl. The van der Waals surface area contributed by atoms with Crippen LogP contribution >= 0.6 is 23.2 Å². The fourth-order valence-corrected chi connectivity index (χ4v) is 1.86. The van der Waals surface area contributed by atoms with Crippen LogP contribution in [0.2, 0.25) is 10.0 Å². The lowest BCUT2D eigenvalue weighted by atomic mass is 10.1. The number of nitrogens with one attached hydrogen (secondary N) is 1. The summed E-state index contributed by atoms with van der Waals surface area (Å²) in [5.74, 6) is -0.0513. The first-order valence-corrected chi connectivity index (χ1v) is 6.15. The summed E-state index contributed by atoms with van der Waals surface area (Å²) in [6.07, 6.45) is 0. The fourth-order valence-electron chi connectivity index (χ4n) is 1.45. The normalized spacial score (nSPS) is 12.8. The van der Waals surface area contributed by atoms with Crippen LogP contribution in [0.3, 0.4) is 0 Å². The Hall–Kier alpha value is -0.770. The van der Waals surface area contributed by atoms with Gasteiger partial charge in [-0.3, -0.25) is 4.79 Å². The average Bonchev–Trinajstić information content (AvgIpc) is 2.22. The molecule has 0 bridgehead atoms. The van der Waals surface area contributed by atoms with Crippen molar-refractivity contribution in [2.75, 3.05) is 6.54 Å². The zero-order chi connectivity index (χ0) is 13.0. The highest BCUT2D eigenvalue weighted by atomic mass is 35.5. The Morgan fingerprint density at radius 2 is 2.06 bits per heavy atom. The van der Waals surface area contributed by atoms with Crippen molar-refractivity contribution in [3.8, 4) is 0 Å². The highest BCUT2D eigenvalue weighted by Gasteiger charge is 2.20. The van der Waals surface area contributed by atoms with Crippen LogP contribution in [0.15, 0.2) is 18.2 Å². The van der Waals surface area contributed by atoms with Crippen LogP contribution in [0.4, 0.5) is 0 Å². The quantitative estimate of drug-likeness (QED) is 0.868. The lowest BCUT2D eigenvalue weighted by molar-refractivity contribution is -0.120. The minimum absolute atomic E-state index is 0.412. The van der Waals surface area contributed by atoms with Gasteiger partial charge in [0.05, 0.1) is 0 Å². The lowest BCUT2D eigenvalue weighted by Crippen LogP contribution is -2.35. The van der Waals surface area contributed by atoms with Crippen molar-refractivity contribution in [3.05, 3.63) is 33.8 Å². The van der Waals surface area contributed by atoms with E-state index in [4.69, 9.17) is 28.9 Å². The number of benzene rings is 1. The summed E-state index contributed by atoms with van der Waals surface area (Å²) >= 11 is 11.9. The Labute approximate surface area is 111 Å². The summed E-state index contributed by atoms with van der Waals surface area (Å²) in [7, 11) is 0. The molecule has 1 rings (SSSR count). The van der Waals surface area contributed by atoms with Gasteiger partial charge in [0.1, 0.15) is 6.04 Å². The van der Waals surface area contributed by atoms with Crippen LogP contribution < -0.4 is 11.1 Å². The molecule has 1 aromatic carbocycles. The maximum atomic E-state index is 11.4. The second-order valence-corrected chi connectivity index (χ2v) is 5.15. The molecular weight excluding hydrogens is 259 g/mol. The number of carbonyl (C=O) groups excluding carboxylic acids is 1. The first kappa shape index (κ1) is 14.3. The summed E-state index contributed by atoms with van der Waals surface area (Å²) < 4.78 is 0. The van der Waals surface area contributed by atoms with Crippen molar-refractivity contribution < 1.29 is 4.79 Å². The lowest BCUT2D eigenvalue weighted by Gasteiger charge is -2.18. The number of hydrogen-bond acceptors (Lipinski definition) is 2. The van der Waals surface area contributed by atoms with E-state index in [2.05, 4.69) is 5.32 Å². The van der Waals surface area contributed by atoms with Crippen molar-refractivity contribution in [1.29, 1.82) is 0 Å². The molecule has 94 valence electrons. The Kier molecular flexibility index (Phi) is 5.25. The minimum atomic E-state index is -0.608. The third kappa shape index (κ3) is 4.19. The molecule has 0 aliphatic carbocycles. The van der Waals surface area contributed by atoms with Crippen molar-refractivity contribution in [2.24, 2.45) is 11.7 Å². The maximum Gasteiger partial charge on any atom is 0.239 e. The molecular formula is C12H16Cl2N2O. The molecule has 1 amide bonds. The van der Waals surface area contributed by atoms with Crippen LogP contribution in [-0.4, -0.2) is 12.5 Å². The monoisotopic (exact) mass is 274 g/mol. The molecule has 3 nitrogen and oxygen atoms in total. The number of nitrogens with two attached hydrogens (primary N) is 1. The van der Waals surface area contributed by atoms with Gasteiger partial charge in [0, 0.05) is 10.0 Å². The number of hydrogen-bond donors (Lipinski definition) is 2. The number of amides is 1. The van der Waals surface area contributed by atoms with E-state index in [0.29, 0.717) is 28.1 Å². The molecule has 0 radical (unpaired) electrons. The predicted octanol–water partition coefficient (Wildman–Crippen LogP) is 2.77. The van der Waals surface area contributed by atoms with Crippen molar-refractivity contribution >= 4 is 29.1 Å². The zero-order valence-electron chi connectivity index (χ0n) is 9.84. The van der Waals surface area contributed by atoms with E-state index in [1.807, 2.05) is 13.8 Å². The summed E-state index contributed by atoms with van der Waals surface area (Å²) in [4.78, 5) is 11.4. The highest BCUT2D eigenvalue weighted by molar-refractivity contribution is 6.33. The number of carbonyl (C=O) groups is 1. The highest BCUT2D eigenvalue weighted by Crippen LogP contribution is 2.26. The molecule has 3 N–H and O–H groups in total. The summed E-state index contributed by atoms with van der Waals surface area (Å²) in [6.45, 7) is 4.77. The van der Waals surface area contributed by atoms with E-state index in [9.17, 15) is 4.79 Å². The second-order valence-electron chi connectivity index (χ2n) is 4.30. The van der Waals surface area contributed by atoms with Crippen LogP contribution in [-0.2, 0) is 4.79 Å². The molecule has 1 unspecified atom stereocenters. The smallest absolute Gasteiger partial charge is 0.239 e. The van der Waals surface area contributed by atoms with Gasteiger partial charge in [-0.25, -0.2) is 0 Å². The van der Waals surface area contributed by atoms with E-state index in [0.717, 1.165) is 0 Å². The molecule has 0 saturated carbocycles. The van der Waals surface area contributed by atoms with Crippen LogP contribution in [0.1, 0.15) is 25.5 Å². The van der Waals surface area contributed by atoms with Crippen LogP contribution in [0.25, 0.3) is 0 Å². The predicted molar refractivity (Wildman–Crippen MR) is 71.2 cm³/mol. The molecule has 5 heteroatoms. The first-order valence-electron chi connectivity index (χ1n) is 5.39. The van der Waals surface area contributed by atoms with Crippen molar-refractivity contribution in [3.63, 3.8) is 0 Å². The molecule has 0 fully saturated rings. The minimum Gasteiger partial charge on any atom is -0.368 e.